The van der Waals surface area contributed by atoms with E-state index in [0.717, 1.165) is 23.5 Å². The molecule has 1 heterocycles. The van der Waals surface area contributed by atoms with E-state index in [9.17, 15) is 0 Å². The zero-order valence-electron chi connectivity index (χ0n) is 11.8. The normalized spacial score (nSPS) is 25.6. The summed E-state index contributed by atoms with van der Waals surface area (Å²) in [7, 11) is 0. The Kier molecular flexibility index (Phi) is 3.72. The van der Waals surface area contributed by atoms with E-state index in [2.05, 4.69) is 42.3 Å². The predicted octanol–water partition coefficient (Wildman–Crippen LogP) is 3.83. The molecule has 19 heavy (non-hydrogen) atoms. The Labute approximate surface area is 121 Å². The maximum atomic E-state index is 6.49. The van der Waals surface area contributed by atoms with E-state index < -0.39 is 0 Å². The summed E-state index contributed by atoms with van der Waals surface area (Å²) in [6.45, 7) is 6.42. The minimum absolute atomic E-state index is 0.507. The molecule has 1 aliphatic heterocycles. The van der Waals surface area contributed by atoms with Gasteiger partial charge in [-0.3, -0.25) is 0 Å². The SMILES string of the molecule is CC(C)NCc1ccc(N2CC3CCC2C3)c(Cl)c1. The van der Waals surface area contributed by atoms with Crippen molar-refractivity contribution in [2.24, 2.45) is 5.92 Å². The number of nitrogens with one attached hydrogen (secondary N) is 1. The molecule has 1 aliphatic carbocycles. The molecular weight excluding hydrogens is 256 g/mol. The van der Waals surface area contributed by atoms with Crippen LogP contribution in [0.25, 0.3) is 0 Å². The quantitative estimate of drug-likeness (QED) is 0.901. The summed E-state index contributed by atoms with van der Waals surface area (Å²) in [5.41, 5.74) is 2.51. The van der Waals surface area contributed by atoms with Gasteiger partial charge in [0.25, 0.3) is 0 Å². The number of benzene rings is 1. The molecule has 1 saturated heterocycles. The van der Waals surface area contributed by atoms with Crippen LogP contribution in [0.3, 0.4) is 0 Å². The van der Waals surface area contributed by atoms with Gasteiger partial charge in [0.15, 0.2) is 0 Å². The summed E-state index contributed by atoms with van der Waals surface area (Å²) >= 11 is 6.49. The van der Waals surface area contributed by atoms with Crippen molar-refractivity contribution in [3.63, 3.8) is 0 Å². The van der Waals surface area contributed by atoms with Crippen LogP contribution >= 0.6 is 11.6 Å². The number of hydrogen-bond acceptors (Lipinski definition) is 2. The average Bonchev–Trinajstić information content (AvgIpc) is 2.98. The largest absolute Gasteiger partial charge is 0.367 e. The lowest BCUT2D eigenvalue weighted by atomic mass is 10.1. The zero-order valence-corrected chi connectivity index (χ0v) is 12.6. The maximum absolute atomic E-state index is 6.49. The summed E-state index contributed by atoms with van der Waals surface area (Å²) in [5.74, 6) is 0.906. The summed E-state index contributed by atoms with van der Waals surface area (Å²) in [4.78, 5) is 2.52. The molecule has 2 fully saturated rings. The van der Waals surface area contributed by atoms with Crippen molar-refractivity contribution >= 4 is 17.3 Å². The topological polar surface area (TPSA) is 15.3 Å². The molecule has 0 radical (unpaired) electrons. The Hall–Kier alpha value is -0.730. The second-order valence-corrected chi connectivity index (χ2v) is 6.71. The van der Waals surface area contributed by atoms with Gasteiger partial charge in [-0.1, -0.05) is 31.5 Å². The van der Waals surface area contributed by atoms with Crippen LogP contribution in [0.1, 0.15) is 38.7 Å². The van der Waals surface area contributed by atoms with E-state index in [1.54, 1.807) is 0 Å². The van der Waals surface area contributed by atoms with Crippen molar-refractivity contribution < 1.29 is 0 Å². The molecule has 2 bridgehead atoms. The number of hydrogen-bond donors (Lipinski definition) is 1. The lowest BCUT2D eigenvalue weighted by Gasteiger charge is -2.30. The highest BCUT2D eigenvalue weighted by Gasteiger charge is 2.38. The molecule has 2 unspecified atom stereocenters. The van der Waals surface area contributed by atoms with Crippen LogP contribution in [0.2, 0.25) is 5.02 Å². The highest BCUT2D eigenvalue weighted by molar-refractivity contribution is 6.33. The zero-order chi connectivity index (χ0) is 13.4. The van der Waals surface area contributed by atoms with E-state index in [4.69, 9.17) is 11.6 Å². The van der Waals surface area contributed by atoms with Gasteiger partial charge in [-0.25, -0.2) is 0 Å². The van der Waals surface area contributed by atoms with Gasteiger partial charge >= 0.3 is 0 Å². The van der Waals surface area contributed by atoms with Crippen molar-refractivity contribution in [1.29, 1.82) is 0 Å². The minimum Gasteiger partial charge on any atom is -0.367 e. The van der Waals surface area contributed by atoms with E-state index >= 15 is 0 Å². The number of piperidine rings is 1. The number of fused-ring (bicyclic) bond motifs is 2. The highest BCUT2D eigenvalue weighted by atomic mass is 35.5. The van der Waals surface area contributed by atoms with Gasteiger partial charge in [0.1, 0.15) is 0 Å². The Bertz CT molecular complexity index is 458. The van der Waals surface area contributed by atoms with Crippen molar-refractivity contribution in [2.45, 2.75) is 51.7 Å². The molecule has 2 atom stereocenters. The molecule has 2 aliphatic rings. The molecule has 2 nitrogen and oxygen atoms in total. The van der Waals surface area contributed by atoms with E-state index in [0.29, 0.717) is 6.04 Å². The van der Waals surface area contributed by atoms with Crippen LogP contribution < -0.4 is 10.2 Å². The van der Waals surface area contributed by atoms with E-state index in [-0.39, 0.29) is 0 Å². The Morgan fingerprint density at radius 3 is 2.79 bits per heavy atom. The van der Waals surface area contributed by atoms with Crippen LogP contribution in [0.15, 0.2) is 18.2 Å². The third-order valence-electron chi connectivity index (χ3n) is 4.45. The van der Waals surface area contributed by atoms with Gasteiger partial charge in [0, 0.05) is 25.2 Å². The lowest BCUT2D eigenvalue weighted by molar-refractivity contribution is 0.553. The summed E-state index contributed by atoms with van der Waals surface area (Å²) in [5, 5.41) is 4.35. The molecule has 1 saturated carbocycles. The summed E-state index contributed by atoms with van der Waals surface area (Å²) < 4.78 is 0. The van der Waals surface area contributed by atoms with Crippen molar-refractivity contribution in [3.8, 4) is 0 Å². The standard InChI is InChI=1S/C16H23ClN2/c1-11(2)18-9-12-4-6-16(15(17)8-12)19-10-13-3-5-14(19)7-13/h4,6,8,11,13-14,18H,3,5,7,9-10H2,1-2H3. The smallest absolute Gasteiger partial charge is 0.0642 e. The summed E-state index contributed by atoms with van der Waals surface area (Å²) in [6, 6.07) is 7.79. The van der Waals surface area contributed by atoms with Gasteiger partial charge in [0.2, 0.25) is 0 Å². The van der Waals surface area contributed by atoms with Gasteiger partial charge in [-0.05, 0) is 42.9 Å². The first kappa shape index (κ1) is 13.3. The first-order valence-electron chi connectivity index (χ1n) is 7.42. The second-order valence-electron chi connectivity index (χ2n) is 6.31. The van der Waals surface area contributed by atoms with Gasteiger partial charge < -0.3 is 10.2 Å². The molecule has 104 valence electrons. The first-order valence-corrected chi connectivity index (χ1v) is 7.79. The van der Waals surface area contributed by atoms with Gasteiger partial charge in [-0.15, -0.1) is 0 Å². The van der Waals surface area contributed by atoms with Crippen molar-refractivity contribution in [2.75, 3.05) is 11.4 Å². The van der Waals surface area contributed by atoms with Crippen LogP contribution in [-0.2, 0) is 6.54 Å². The van der Waals surface area contributed by atoms with E-state index in [1.807, 2.05) is 0 Å². The predicted molar refractivity (Wildman–Crippen MR) is 81.9 cm³/mol. The fourth-order valence-corrected chi connectivity index (χ4v) is 3.75. The lowest BCUT2D eigenvalue weighted by Crippen LogP contribution is -2.32. The summed E-state index contributed by atoms with van der Waals surface area (Å²) in [6.07, 6.45) is 4.12. The molecule has 3 heteroatoms. The second kappa shape index (κ2) is 5.34. The number of nitrogens with zero attached hydrogens (tertiary/aromatic N) is 1. The van der Waals surface area contributed by atoms with Crippen LogP contribution in [0.5, 0.6) is 0 Å². The fraction of sp³-hybridized carbons (Fsp3) is 0.625. The third kappa shape index (κ3) is 2.75. The Morgan fingerprint density at radius 2 is 2.21 bits per heavy atom. The van der Waals surface area contributed by atoms with Crippen LogP contribution in [0, 0.1) is 5.92 Å². The average molecular weight is 279 g/mol. The van der Waals surface area contributed by atoms with Crippen LogP contribution in [-0.4, -0.2) is 18.6 Å². The highest BCUT2D eigenvalue weighted by Crippen LogP contribution is 2.42. The third-order valence-corrected chi connectivity index (χ3v) is 4.75. The monoisotopic (exact) mass is 278 g/mol. The molecule has 0 amide bonds. The Balaban J connectivity index is 1.73. The van der Waals surface area contributed by atoms with E-state index in [1.165, 1.54) is 37.1 Å². The molecule has 1 aromatic carbocycles. The number of halogens is 1. The molecule has 0 aromatic heterocycles. The van der Waals surface area contributed by atoms with Crippen molar-refractivity contribution in [3.05, 3.63) is 28.8 Å². The van der Waals surface area contributed by atoms with Gasteiger partial charge in [-0.2, -0.15) is 0 Å². The maximum Gasteiger partial charge on any atom is 0.0642 e. The van der Waals surface area contributed by atoms with Crippen LogP contribution in [0.4, 0.5) is 5.69 Å². The number of rotatable bonds is 4. The Morgan fingerprint density at radius 1 is 1.37 bits per heavy atom. The first-order chi connectivity index (χ1) is 9.13. The number of anilines is 1. The molecule has 0 spiro atoms. The molecular formula is C16H23ClN2. The van der Waals surface area contributed by atoms with Crippen molar-refractivity contribution in [1.82, 2.24) is 5.32 Å². The molecule has 1 N–H and O–H groups in total. The molecule has 1 aromatic rings. The minimum atomic E-state index is 0.507. The van der Waals surface area contributed by atoms with Gasteiger partial charge in [0.05, 0.1) is 10.7 Å². The molecule has 3 rings (SSSR count). The fourth-order valence-electron chi connectivity index (χ4n) is 3.44.